The van der Waals surface area contributed by atoms with E-state index < -0.39 is 8.32 Å². The highest BCUT2D eigenvalue weighted by Crippen LogP contribution is 2.25. The molecule has 0 saturated heterocycles. The monoisotopic (exact) mass is 291 g/mol. The van der Waals surface area contributed by atoms with E-state index in [-0.39, 0.29) is 6.10 Å². The number of hydrogen-bond donors (Lipinski definition) is 2. The summed E-state index contributed by atoms with van der Waals surface area (Å²) in [5.74, 6) is 0. The summed E-state index contributed by atoms with van der Waals surface area (Å²) >= 11 is 0. The molecule has 1 aromatic rings. The van der Waals surface area contributed by atoms with Crippen LogP contribution in [0.2, 0.25) is 19.6 Å². The Morgan fingerprint density at radius 3 is 2.50 bits per heavy atom. The zero-order chi connectivity index (χ0) is 15.3. The maximum absolute atomic E-state index is 9.10. The van der Waals surface area contributed by atoms with Gasteiger partial charge >= 0.3 is 0 Å². The van der Waals surface area contributed by atoms with Gasteiger partial charge in [-0.3, -0.25) is 0 Å². The molecule has 0 saturated carbocycles. The van der Waals surface area contributed by atoms with Crippen molar-refractivity contribution >= 4 is 14.0 Å². The van der Waals surface area contributed by atoms with E-state index in [2.05, 4.69) is 44.9 Å². The molecule has 0 amide bonds. The fourth-order valence-electron chi connectivity index (χ4n) is 1.87. The fraction of sp³-hybridized carbons (Fsp3) is 0.533. The zero-order valence-electron chi connectivity index (χ0n) is 13.0. The third-order valence-electron chi connectivity index (χ3n) is 2.78. The maximum atomic E-state index is 9.10. The molecular weight excluding hydrogens is 266 g/mol. The van der Waals surface area contributed by atoms with Gasteiger partial charge in [0.2, 0.25) is 0 Å². The minimum Gasteiger partial charge on any atom is -0.409 e. The van der Waals surface area contributed by atoms with Crippen LogP contribution in [0.15, 0.2) is 18.2 Å². The Morgan fingerprint density at radius 1 is 1.35 bits per heavy atom. The second-order valence-electron chi connectivity index (χ2n) is 6.24. The van der Waals surface area contributed by atoms with E-state index in [4.69, 9.17) is 15.4 Å². The molecule has 0 heterocycles. The van der Waals surface area contributed by atoms with Crippen LogP contribution < -0.4 is 11.1 Å². The van der Waals surface area contributed by atoms with Gasteiger partial charge in [-0.25, -0.2) is 0 Å². The molecule has 3 N–H and O–H groups in total. The van der Waals surface area contributed by atoms with E-state index in [0.29, 0.717) is 17.3 Å². The minimum atomic E-state index is -1.67. The Labute approximate surface area is 123 Å². The lowest BCUT2D eigenvalue weighted by atomic mass is 10.0. The molecule has 0 aromatic heterocycles. The number of nitriles is 1. The van der Waals surface area contributed by atoms with E-state index >= 15 is 0 Å². The van der Waals surface area contributed by atoms with Crippen LogP contribution in [0, 0.1) is 11.3 Å². The molecular formula is C15H25N3OSi. The Bertz CT molecular complexity index is 489. The van der Waals surface area contributed by atoms with Gasteiger partial charge in [-0.15, -0.1) is 0 Å². The molecule has 0 fully saturated rings. The van der Waals surface area contributed by atoms with Gasteiger partial charge in [0.05, 0.1) is 11.7 Å². The molecule has 0 spiro atoms. The Balaban J connectivity index is 3.00. The van der Waals surface area contributed by atoms with Crippen LogP contribution in [0.3, 0.4) is 0 Å². The molecule has 0 aliphatic rings. The summed E-state index contributed by atoms with van der Waals surface area (Å²) in [6.07, 6.45) is -0.0447. The Hall–Kier alpha value is -1.35. The third-order valence-corrected chi connectivity index (χ3v) is 3.77. The second-order valence-corrected chi connectivity index (χ2v) is 10.7. The molecule has 110 valence electrons. The number of hydrogen-bond acceptors (Lipinski definition) is 4. The van der Waals surface area contributed by atoms with E-state index in [1.165, 1.54) is 0 Å². The molecule has 0 radical (unpaired) electrons. The third kappa shape index (κ3) is 5.33. The van der Waals surface area contributed by atoms with E-state index in [0.717, 1.165) is 12.1 Å². The number of anilines is 1. The van der Waals surface area contributed by atoms with E-state index in [1.807, 2.05) is 12.1 Å². The molecule has 1 rings (SSSR count). The van der Waals surface area contributed by atoms with Crippen molar-refractivity contribution in [3.8, 4) is 6.07 Å². The summed E-state index contributed by atoms with van der Waals surface area (Å²) in [5.41, 5.74) is 7.81. The first-order valence-electron chi connectivity index (χ1n) is 6.93. The van der Waals surface area contributed by atoms with Crippen LogP contribution in [0.1, 0.15) is 31.1 Å². The smallest absolute Gasteiger partial charge is 0.184 e. The number of nitrogens with one attached hydrogen (secondary N) is 1. The van der Waals surface area contributed by atoms with Crippen LogP contribution in [-0.4, -0.2) is 20.9 Å². The summed E-state index contributed by atoms with van der Waals surface area (Å²) < 4.78 is 6.24. The predicted octanol–water partition coefficient (Wildman–Crippen LogP) is 3.03. The van der Waals surface area contributed by atoms with Gasteiger partial charge in [0, 0.05) is 18.3 Å². The van der Waals surface area contributed by atoms with Gasteiger partial charge in [-0.05, 0) is 37.3 Å². The van der Waals surface area contributed by atoms with Gasteiger partial charge < -0.3 is 15.5 Å². The summed E-state index contributed by atoms with van der Waals surface area (Å²) in [6.45, 7) is 11.4. The van der Waals surface area contributed by atoms with Crippen LogP contribution in [-0.2, 0) is 4.43 Å². The molecule has 0 aliphatic heterocycles. The number of nitrogens with two attached hydrogens (primary N) is 1. The van der Waals surface area contributed by atoms with Crippen molar-refractivity contribution < 1.29 is 4.43 Å². The lowest BCUT2D eigenvalue weighted by Gasteiger charge is -2.28. The first kappa shape index (κ1) is 16.7. The van der Waals surface area contributed by atoms with Gasteiger partial charge in [-0.1, -0.05) is 19.9 Å². The fourth-order valence-corrected chi connectivity index (χ4v) is 2.94. The highest BCUT2D eigenvalue weighted by Gasteiger charge is 2.23. The summed E-state index contributed by atoms with van der Waals surface area (Å²) in [5, 5.41) is 12.5. The van der Waals surface area contributed by atoms with Crippen molar-refractivity contribution in [2.45, 2.75) is 45.6 Å². The topological polar surface area (TPSA) is 71.1 Å². The predicted molar refractivity (Wildman–Crippen MR) is 85.9 cm³/mol. The molecule has 4 nitrogen and oxygen atoms in total. The van der Waals surface area contributed by atoms with Crippen molar-refractivity contribution in [2.24, 2.45) is 0 Å². The van der Waals surface area contributed by atoms with Crippen LogP contribution in [0.4, 0.5) is 5.69 Å². The first-order valence-corrected chi connectivity index (χ1v) is 10.3. The van der Waals surface area contributed by atoms with Crippen molar-refractivity contribution in [3.05, 3.63) is 29.3 Å². The SMILES string of the molecule is CC(C)NCC(O[Si](C)(C)C)c1ccc(N)c(C#N)c1. The maximum Gasteiger partial charge on any atom is 0.184 e. The zero-order valence-corrected chi connectivity index (χ0v) is 14.0. The highest BCUT2D eigenvalue weighted by molar-refractivity contribution is 6.69. The average molecular weight is 291 g/mol. The van der Waals surface area contributed by atoms with Crippen LogP contribution in [0.5, 0.6) is 0 Å². The molecule has 5 heteroatoms. The molecule has 1 atom stereocenters. The molecule has 20 heavy (non-hydrogen) atoms. The Kier molecular flexibility index (Phi) is 5.75. The molecule has 1 unspecified atom stereocenters. The minimum absolute atomic E-state index is 0.0447. The van der Waals surface area contributed by atoms with Gasteiger partial charge in [0.1, 0.15) is 6.07 Å². The number of rotatable bonds is 6. The summed E-state index contributed by atoms with van der Waals surface area (Å²) in [7, 11) is -1.67. The lowest BCUT2D eigenvalue weighted by molar-refractivity contribution is 0.190. The summed E-state index contributed by atoms with van der Waals surface area (Å²) in [6, 6.07) is 8.09. The number of nitrogens with zero attached hydrogens (tertiary/aromatic N) is 1. The average Bonchev–Trinajstić information content (AvgIpc) is 2.33. The first-order chi connectivity index (χ1) is 9.23. The van der Waals surface area contributed by atoms with Crippen molar-refractivity contribution in [3.63, 3.8) is 0 Å². The van der Waals surface area contributed by atoms with Gasteiger partial charge in [0.15, 0.2) is 8.32 Å². The van der Waals surface area contributed by atoms with E-state index in [1.54, 1.807) is 6.07 Å². The van der Waals surface area contributed by atoms with Crippen molar-refractivity contribution in [1.82, 2.24) is 5.32 Å². The summed E-state index contributed by atoms with van der Waals surface area (Å²) in [4.78, 5) is 0. The Morgan fingerprint density at radius 2 is 2.00 bits per heavy atom. The van der Waals surface area contributed by atoms with Crippen molar-refractivity contribution in [1.29, 1.82) is 5.26 Å². The van der Waals surface area contributed by atoms with Crippen molar-refractivity contribution in [2.75, 3.05) is 12.3 Å². The molecule has 0 bridgehead atoms. The lowest BCUT2D eigenvalue weighted by Crippen LogP contribution is -2.35. The van der Waals surface area contributed by atoms with E-state index in [9.17, 15) is 0 Å². The number of benzene rings is 1. The molecule has 1 aromatic carbocycles. The normalized spacial score (nSPS) is 13.2. The standard InChI is InChI=1S/C15H25N3OSi/c1-11(2)18-10-15(19-20(3,4)5)12-6-7-14(17)13(8-12)9-16/h6-8,11,15,18H,10,17H2,1-5H3. The largest absolute Gasteiger partial charge is 0.409 e. The van der Waals surface area contributed by atoms with Gasteiger partial charge in [0.25, 0.3) is 0 Å². The van der Waals surface area contributed by atoms with Crippen LogP contribution in [0.25, 0.3) is 0 Å². The highest BCUT2D eigenvalue weighted by atomic mass is 28.4. The quantitative estimate of drug-likeness (QED) is 0.624. The van der Waals surface area contributed by atoms with Gasteiger partial charge in [-0.2, -0.15) is 5.26 Å². The van der Waals surface area contributed by atoms with Crippen LogP contribution >= 0.6 is 0 Å². The number of nitrogen functional groups attached to an aromatic ring is 1. The molecule has 0 aliphatic carbocycles. The second kappa shape index (κ2) is 6.89.